The van der Waals surface area contributed by atoms with Gasteiger partial charge in [0, 0.05) is 12.1 Å². The average Bonchev–Trinajstić information content (AvgIpc) is 2.41. The maximum atomic E-state index is 11.2. The number of nitrogens with one attached hydrogen (secondary N) is 1. The highest BCUT2D eigenvalue weighted by molar-refractivity contribution is 5.36. The van der Waals surface area contributed by atoms with Crippen LogP contribution in [0, 0.1) is 0 Å². The van der Waals surface area contributed by atoms with Crippen molar-refractivity contribution in [2.75, 3.05) is 18.3 Å². The molecule has 0 aliphatic carbocycles. The van der Waals surface area contributed by atoms with Gasteiger partial charge in [-0.1, -0.05) is 18.2 Å². The molecule has 0 saturated carbocycles. The molecule has 7 heteroatoms. The molecule has 0 atom stereocenters. The Hall–Kier alpha value is -2.57. The van der Waals surface area contributed by atoms with Gasteiger partial charge in [-0.15, -0.1) is 10.2 Å². The van der Waals surface area contributed by atoms with Crippen molar-refractivity contribution in [3.63, 3.8) is 0 Å². The summed E-state index contributed by atoms with van der Waals surface area (Å²) >= 11 is 0. The summed E-state index contributed by atoms with van der Waals surface area (Å²) in [6, 6.07) is 7.53. The summed E-state index contributed by atoms with van der Waals surface area (Å²) in [6.45, 7) is 0.430. The Balaban J connectivity index is 2.16. The zero-order chi connectivity index (χ0) is 13.0. The number of nitrogens with two attached hydrogens (primary N) is 1. The number of hydrogen-bond donors (Lipinski definition) is 2. The molecule has 3 N–H and O–H groups in total. The lowest BCUT2D eigenvalue weighted by molar-refractivity contribution is 0.410. The molecule has 1 heterocycles. The zero-order valence-electron chi connectivity index (χ0n) is 9.83. The first-order valence-electron chi connectivity index (χ1n) is 5.28. The summed E-state index contributed by atoms with van der Waals surface area (Å²) in [7, 11) is 1.60. The van der Waals surface area contributed by atoms with Gasteiger partial charge >= 0.3 is 0 Å². The lowest BCUT2D eigenvalue weighted by Gasteiger charge is -2.10. The van der Waals surface area contributed by atoms with Crippen LogP contribution in [0.4, 0.5) is 5.95 Å². The van der Waals surface area contributed by atoms with Crippen LogP contribution < -0.4 is 21.5 Å². The van der Waals surface area contributed by atoms with Crippen molar-refractivity contribution < 1.29 is 4.74 Å². The van der Waals surface area contributed by atoms with E-state index in [1.807, 2.05) is 24.3 Å². The Morgan fingerprint density at radius 3 is 3.00 bits per heavy atom. The summed E-state index contributed by atoms with van der Waals surface area (Å²) in [4.78, 5) is 11.2. The standard InChI is InChI=1S/C11H13N5O2/c1-18-9-5-3-2-4-8(9)6-13-11-15-14-7-10(17)16(11)12/h2-5,7H,6,12H2,1H3,(H,13,15). The summed E-state index contributed by atoms with van der Waals surface area (Å²) in [5, 5.41) is 10.2. The lowest BCUT2D eigenvalue weighted by Crippen LogP contribution is -2.30. The minimum atomic E-state index is -0.424. The number of nitrogen functional groups attached to an aromatic ring is 1. The van der Waals surface area contributed by atoms with Crippen LogP contribution >= 0.6 is 0 Å². The molecule has 7 nitrogen and oxygen atoms in total. The molecule has 0 aliphatic rings. The van der Waals surface area contributed by atoms with Gasteiger partial charge in [0.1, 0.15) is 11.9 Å². The number of rotatable bonds is 4. The van der Waals surface area contributed by atoms with Gasteiger partial charge in [0.15, 0.2) is 0 Å². The molecule has 1 aromatic carbocycles. The maximum Gasteiger partial charge on any atom is 0.292 e. The van der Waals surface area contributed by atoms with E-state index in [2.05, 4.69) is 15.5 Å². The zero-order valence-corrected chi connectivity index (χ0v) is 9.83. The first-order chi connectivity index (χ1) is 8.72. The predicted molar refractivity (Wildman–Crippen MR) is 66.8 cm³/mol. The second-order valence-corrected chi connectivity index (χ2v) is 3.54. The minimum Gasteiger partial charge on any atom is -0.496 e. The predicted octanol–water partition coefficient (Wildman–Crippen LogP) is -0.0272. The van der Waals surface area contributed by atoms with Crippen LogP contribution in [-0.4, -0.2) is 22.0 Å². The van der Waals surface area contributed by atoms with E-state index in [0.717, 1.165) is 22.2 Å². The van der Waals surface area contributed by atoms with Gasteiger partial charge in [-0.25, -0.2) is 0 Å². The Morgan fingerprint density at radius 1 is 1.44 bits per heavy atom. The van der Waals surface area contributed by atoms with Crippen LogP contribution in [-0.2, 0) is 6.54 Å². The van der Waals surface area contributed by atoms with Crippen molar-refractivity contribution in [1.82, 2.24) is 14.9 Å². The van der Waals surface area contributed by atoms with Gasteiger partial charge < -0.3 is 15.9 Å². The van der Waals surface area contributed by atoms with Crippen molar-refractivity contribution in [2.24, 2.45) is 0 Å². The molecule has 18 heavy (non-hydrogen) atoms. The SMILES string of the molecule is COc1ccccc1CNc1nncc(=O)n1N. The fourth-order valence-corrected chi connectivity index (χ4v) is 1.49. The summed E-state index contributed by atoms with van der Waals surface area (Å²) in [5.74, 6) is 6.48. The Morgan fingerprint density at radius 2 is 2.22 bits per heavy atom. The molecule has 0 saturated heterocycles. The fraction of sp³-hybridized carbons (Fsp3) is 0.182. The van der Waals surface area contributed by atoms with Crippen LogP contribution in [0.1, 0.15) is 5.56 Å². The fourth-order valence-electron chi connectivity index (χ4n) is 1.49. The van der Waals surface area contributed by atoms with Crippen molar-refractivity contribution >= 4 is 5.95 Å². The van der Waals surface area contributed by atoms with E-state index in [1.54, 1.807) is 7.11 Å². The topological polar surface area (TPSA) is 95.1 Å². The number of anilines is 1. The highest BCUT2D eigenvalue weighted by Gasteiger charge is 2.05. The number of nitrogens with zero attached hydrogens (tertiary/aromatic N) is 3. The molecule has 0 amide bonds. The molecule has 0 bridgehead atoms. The van der Waals surface area contributed by atoms with Gasteiger partial charge in [0.05, 0.1) is 7.11 Å². The monoisotopic (exact) mass is 247 g/mol. The molecule has 2 aromatic rings. The second kappa shape index (κ2) is 5.17. The van der Waals surface area contributed by atoms with Gasteiger partial charge in [-0.2, -0.15) is 4.68 Å². The van der Waals surface area contributed by atoms with Gasteiger partial charge in [-0.05, 0) is 6.07 Å². The van der Waals surface area contributed by atoms with E-state index in [-0.39, 0.29) is 5.95 Å². The van der Waals surface area contributed by atoms with Crippen LogP contribution in [0.2, 0.25) is 0 Å². The van der Waals surface area contributed by atoms with E-state index in [9.17, 15) is 4.79 Å². The van der Waals surface area contributed by atoms with E-state index >= 15 is 0 Å². The van der Waals surface area contributed by atoms with Crippen LogP contribution in [0.5, 0.6) is 5.75 Å². The number of para-hydroxylation sites is 1. The van der Waals surface area contributed by atoms with Crippen molar-refractivity contribution in [1.29, 1.82) is 0 Å². The van der Waals surface area contributed by atoms with E-state index in [0.29, 0.717) is 6.54 Å². The molecular weight excluding hydrogens is 234 g/mol. The first kappa shape index (κ1) is 11.9. The molecule has 0 spiro atoms. The number of aromatic nitrogens is 3. The Bertz CT molecular complexity index is 596. The smallest absolute Gasteiger partial charge is 0.292 e. The third-order valence-corrected chi connectivity index (χ3v) is 2.42. The summed E-state index contributed by atoms with van der Waals surface area (Å²) in [5.41, 5.74) is 0.505. The third kappa shape index (κ3) is 2.40. The molecule has 2 rings (SSSR count). The van der Waals surface area contributed by atoms with E-state index < -0.39 is 5.56 Å². The van der Waals surface area contributed by atoms with E-state index in [4.69, 9.17) is 10.6 Å². The maximum absolute atomic E-state index is 11.2. The number of benzene rings is 1. The highest BCUT2D eigenvalue weighted by atomic mass is 16.5. The molecule has 94 valence electrons. The van der Waals surface area contributed by atoms with Crippen molar-refractivity contribution in [2.45, 2.75) is 6.54 Å². The third-order valence-electron chi connectivity index (χ3n) is 2.42. The summed E-state index contributed by atoms with van der Waals surface area (Å²) in [6.07, 6.45) is 1.05. The van der Waals surface area contributed by atoms with Gasteiger partial charge in [-0.3, -0.25) is 4.79 Å². The summed E-state index contributed by atoms with van der Waals surface area (Å²) < 4.78 is 6.12. The number of ether oxygens (including phenoxy) is 1. The number of hydrogen-bond acceptors (Lipinski definition) is 6. The Kier molecular flexibility index (Phi) is 3.42. The minimum absolute atomic E-state index is 0.202. The Labute approximate surface area is 103 Å². The second-order valence-electron chi connectivity index (χ2n) is 3.54. The van der Waals surface area contributed by atoms with Crippen LogP contribution in [0.15, 0.2) is 35.3 Å². The van der Waals surface area contributed by atoms with Crippen LogP contribution in [0.25, 0.3) is 0 Å². The molecule has 0 fully saturated rings. The van der Waals surface area contributed by atoms with Crippen molar-refractivity contribution in [3.05, 3.63) is 46.4 Å². The van der Waals surface area contributed by atoms with Crippen molar-refractivity contribution in [3.8, 4) is 5.75 Å². The molecule has 0 unspecified atom stereocenters. The van der Waals surface area contributed by atoms with E-state index in [1.165, 1.54) is 0 Å². The quantitative estimate of drug-likeness (QED) is 0.737. The van der Waals surface area contributed by atoms with Crippen LogP contribution in [0.3, 0.4) is 0 Å². The number of methoxy groups -OCH3 is 1. The highest BCUT2D eigenvalue weighted by Crippen LogP contribution is 2.17. The van der Waals surface area contributed by atoms with Gasteiger partial charge in [0.2, 0.25) is 5.95 Å². The molecule has 0 radical (unpaired) electrons. The van der Waals surface area contributed by atoms with Gasteiger partial charge in [0.25, 0.3) is 5.56 Å². The molecule has 0 aliphatic heterocycles. The normalized spacial score (nSPS) is 10.1. The molecule has 1 aromatic heterocycles. The first-order valence-corrected chi connectivity index (χ1v) is 5.28. The average molecular weight is 247 g/mol. The lowest BCUT2D eigenvalue weighted by atomic mass is 10.2. The molecular formula is C11H13N5O2. The largest absolute Gasteiger partial charge is 0.496 e.